The van der Waals surface area contributed by atoms with Crippen molar-refractivity contribution in [3.8, 4) is 6.07 Å². The maximum atomic E-state index is 9.22. The van der Waals surface area contributed by atoms with Crippen LogP contribution in [0.15, 0.2) is 23.1 Å². The summed E-state index contributed by atoms with van der Waals surface area (Å²) < 4.78 is 0. The van der Waals surface area contributed by atoms with E-state index in [1.165, 1.54) is 30.6 Å². The van der Waals surface area contributed by atoms with Gasteiger partial charge < -0.3 is 0 Å². The molecule has 0 saturated heterocycles. The number of hydrogen-bond acceptors (Lipinski definition) is 3. The van der Waals surface area contributed by atoms with Gasteiger partial charge in [-0.05, 0) is 81.0 Å². The molecule has 2 rings (SSSR count). The number of thioether (sulfide) groups is 1. The van der Waals surface area contributed by atoms with Crippen LogP contribution in [0.3, 0.4) is 0 Å². The van der Waals surface area contributed by atoms with Gasteiger partial charge in [-0.15, -0.1) is 11.8 Å². The second-order valence-electron chi connectivity index (χ2n) is 6.06. The van der Waals surface area contributed by atoms with E-state index in [1.54, 1.807) is 11.1 Å². The fraction of sp³-hybridized carbons (Fsp3) is 0.611. The van der Waals surface area contributed by atoms with Crippen LogP contribution in [-0.4, -0.2) is 17.8 Å². The Hall–Kier alpha value is -0.980. The lowest BCUT2D eigenvalue weighted by Crippen LogP contribution is -2.40. The Bertz CT molecular complexity index is 506. The number of fused-ring (bicyclic) bond motifs is 1. The molecular formula is C18H26N2S. The lowest BCUT2D eigenvalue weighted by atomic mass is 9.97. The van der Waals surface area contributed by atoms with Crippen molar-refractivity contribution in [3.63, 3.8) is 0 Å². The van der Waals surface area contributed by atoms with Gasteiger partial charge in [-0.25, -0.2) is 0 Å². The Kier molecular flexibility index (Phi) is 6.14. The zero-order valence-corrected chi connectivity index (χ0v) is 14.1. The Balaban J connectivity index is 1.69. The van der Waals surface area contributed by atoms with E-state index in [9.17, 15) is 5.26 Å². The molecule has 1 unspecified atom stereocenters. The molecule has 0 heterocycles. The highest BCUT2D eigenvalue weighted by Gasteiger charge is 2.21. The van der Waals surface area contributed by atoms with Crippen molar-refractivity contribution in [2.75, 3.05) is 12.3 Å². The van der Waals surface area contributed by atoms with Gasteiger partial charge in [0.2, 0.25) is 0 Å². The summed E-state index contributed by atoms with van der Waals surface area (Å²) in [5.41, 5.74) is 2.76. The zero-order valence-electron chi connectivity index (χ0n) is 13.2. The fourth-order valence-electron chi connectivity index (χ4n) is 2.98. The first-order valence-electron chi connectivity index (χ1n) is 8.08. The van der Waals surface area contributed by atoms with Crippen LogP contribution in [-0.2, 0) is 12.8 Å². The summed E-state index contributed by atoms with van der Waals surface area (Å²) in [7, 11) is 0. The maximum Gasteiger partial charge on any atom is 0.103 e. The summed E-state index contributed by atoms with van der Waals surface area (Å²) in [5, 5.41) is 12.5. The van der Waals surface area contributed by atoms with Crippen molar-refractivity contribution in [2.24, 2.45) is 0 Å². The van der Waals surface area contributed by atoms with Crippen LogP contribution < -0.4 is 5.32 Å². The highest BCUT2D eigenvalue weighted by molar-refractivity contribution is 7.99. The molecule has 1 atom stereocenters. The molecule has 1 aromatic rings. The van der Waals surface area contributed by atoms with Crippen LogP contribution in [0.5, 0.6) is 0 Å². The van der Waals surface area contributed by atoms with Crippen LogP contribution >= 0.6 is 11.8 Å². The summed E-state index contributed by atoms with van der Waals surface area (Å²) in [6, 6.07) is 9.36. The monoisotopic (exact) mass is 302 g/mol. The molecule has 1 aliphatic rings. The molecule has 1 N–H and O–H groups in total. The number of rotatable bonds is 8. The lowest BCUT2D eigenvalue weighted by Gasteiger charge is -2.22. The summed E-state index contributed by atoms with van der Waals surface area (Å²) >= 11 is 1.95. The largest absolute Gasteiger partial charge is 0.300 e. The normalized spacial score (nSPS) is 16.2. The summed E-state index contributed by atoms with van der Waals surface area (Å²) in [4.78, 5) is 1.41. The van der Waals surface area contributed by atoms with Crippen LogP contribution in [0.1, 0.15) is 50.7 Å². The zero-order chi connectivity index (χ0) is 15.1. The van der Waals surface area contributed by atoms with Crippen LogP contribution in [0.25, 0.3) is 0 Å². The highest BCUT2D eigenvalue weighted by atomic mass is 32.2. The van der Waals surface area contributed by atoms with Gasteiger partial charge in [0.05, 0.1) is 6.07 Å². The van der Waals surface area contributed by atoms with Crippen molar-refractivity contribution >= 4 is 11.8 Å². The third-order valence-corrected chi connectivity index (χ3v) is 5.30. The van der Waals surface area contributed by atoms with Gasteiger partial charge in [-0.3, -0.25) is 5.32 Å². The minimum absolute atomic E-state index is 0.354. The quantitative estimate of drug-likeness (QED) is 0.573. The molecule has 0 spiro atoms. The Morgan fingerprint density at radius 2 is 2.10 bits per heavy atom. The van der Waals surface area contributed by atoms with Crippen molar-refractivity contribution in [3.05, 3.63) is 29.3 Å². The van der Waals surface area contributed by atoms with Gasteiger partial charge in [-0.1, -0.05) is 13.0 Å². The summed E-state index contributed by atoms with van der Waals surface area (Å²) in [5.74, 6) is 1.15. The number of nitrogens with zero attached hydrogens (tertiary/aromatic N) is 1. The smallest absolute Gasteiger partial charge is 0.103 e. The second kappa shape index (κ2) is 7.87. The van der Waals surface area contributed by atoms with E-state index < -0.39 is 0 Å². The highest BCUT2D eigenvalue weighted by Crippen LogP contribution is 2.28. The van der Waals surface area contributed by atoms with Crippen LogP contribution in [0.4, 0.5) is 0 Å². The molecule has 0 radical (unpaired) electrons. The molecule has 0 amide bonds. The van der Waals surface area contributed by atoms with Crippen molar-refractivity contribution in [2.45, 2.75) is 62.8 Å². The number of benzene rings is 1. The van der Waals surface area contributed by atoms with Crippen LogP contribution in [0, 0.1) is 11.3 Å². The third-order valence-electron chi connectivity index (χ3n) is 4.22. The van der Waals surface area contributed by atoms with Gasteiger partial charge in [0.15, 0.2) is 0 Å². The molecule has 114 valence electrons. The molecule has 0 saturated carbocycles. The first kappa shape index (κ1) is 16.4. The van der Waals surface area contributed by atoms with Gasteiger partial charge >= 0.3 is 0 Å². The van der Waals surface area contributed by atoms with E-state index in [0.717, 1.165) is 25.1 Å². The standard InChI is InChI=1S/C18H26N2S/c1-3-20-18(2,14-19)11-4-5-12-21-17-10-9-15-7-6-8-16(15)13-17/h9-10,13,20H,3-8,11-12H2,1-2H3. The predicted octanol–water partition coefficient (Wildman–Crippen LogP) is 4.33. The molecular weight excluding hydrogens is 276 g/mol. The summed E-state index contributed by atoms with van der Waals surface area (Å²) in [6.45, 7) is 4.91. The predicted molar refractivity (Wildman–Crippen MR) is 90.7 cm³/mol. The first-order valence-corrected chi connectivity index (χ1v) is 9.06. The number of aryl methyl sites for hydroxylation is 2. The molecule has 1 aromatic carbocycles. The number of nitriles is 1. The lowest BCUT2D eigenvalue weighted by molar-refractivity contribution is 0.415. The third kappa shape index (κ3) is 4.76. The van der Waals surface area contributed by atoms with Gasteiger partial charge in [0.1, 0.15) is 5.54 Å². The minimum Gasteiger partial charge on any atom is -0.300 e. The Morgan fingerprint density at radius 1 is 1.29 bits per heavy atom. The number of hydrogen-bond donors (Lipinski definition) is 1. The minimum atomic E-state index is -0.354. The maximum absolute atomic E-state index is 9.22. The molecule has 21 heavy (non-hydrogen) atoms. The van der Waals surface area contributed by atoms with E-state index in [4.69, 9.17) is 0 Å². The number of unbranched alkanes of at least 4 members (excludes halogenated alkanes) is 1. The van der Waals surface area contributed by atoms with Gasteiger partial charge in [0, 0.05) is 4.90 Å². The van der Waals surface area contributed by atoms with E-state index in [2.05, 4.69) is 36.5 Å². The summed E-state index contributed by atoms with van der Waals surface area (Å²) in [6.07, 6.45) is 7.05. The number of nitrogens with one attached hydrogen (secondary N) is 1. The Morgan fingerprint density at radius 3 is 2.86 bits per heavy atom. The van der Waals surface area contributed by atoms with Crippen molar-refractivity contribution in [1.29, 1.82) is 5.26 Å². The molecule has 1 aliphatic carbocycles. The first-order chi connectivity index (χ1) is 10.2. The average Bonchev–Trinajstić information content (AvgIpc) is 2.95. The van der Waals surface area contributed by atoms with E-state index >= 15 is 0 Å². The molecule has 3 heteroatoms. The molecule has 0 bridgehead atoms. The average molecular weight is 302 g/mol. The Labute approximate surface area is 133 Å². The van der Waals surface area contributed by atoms with E-state index in [-0.39, 0.29) is 5.54 Å². The topological polar surface area (TPSA) is 35.8 Å². The second-order valence-corrected chi connectivity index (χ2v) is 7.23. The van der Waals surface area contributed by atoms with Gasteiger partial charge in [0.25, 0.3) is 0 Å². The SMILES string of the molecule is CCNC(C)(C#N)CCCCSc1ccc2c(c1)CCC2. The molecule has 0 aliphatic heterocycles. The molecule has 2 nitrogen and oxygen atoms in total. The van der Waals surface area contributed by atoms with Crippen LogP contribution in [0.2, 0.25) is 0 Å². The molecule has 0 aromatic heterocycles. The van der Waals surface area contributed by atoms with Crippen molar-refractivity contribution in [1.82, 2.24) is 5.32 Å². The molecule has 0 fully saturated rings. The fourth-order valence-corrected chi connectivity index (χ4v) is 3.96. The van der Waals surface area contributed by atoms with Gasteiger partial charge in [-0.2, -0.15) is 5.26 Å². The van der Waals surface area contributed by atoms with E-state index in [0.29, 0.717) is 0 Å². The van der Waals surface area contributed by atoms with Crippen molar-refractivity contribution < 1.29 is 0 Å². The van der Waals surface area contributed by atoms with E-state index in [1.807, 2.05) is 18.7 Å².